The summed E-state index contributed by atoms with van der Waals surface area (Å²) in [6.07, 6.45) is 9.78. The van der Waals surface area contributed by atoms with Crippen LogP contribution in [0.3, 0.4) is 0 Å². The second kappa shape index (κ2) is 10.1. The van der Waals surface area contributed by atoms with Gasteiger partial charge in [-0.15, -0.1) is 0 Å². The summed E-state index contributed by atoms with van der Waals surface area (Å²) in [6.45, 7) is 7.11. The van der Waals surface area contributed by atoms with Crippen molar-refractivity contribution in [1.82, 2.24) is 14.8 Å². The van der Waals surface area contributed by atoms with E-state index in [0.717, 1.165) is 44.5 Å². The second-order valence-electron chi connectivity index (χ2n) is 9.80. The third-order valence-electron chi connectivity index (χ3n) is 7.48. The van der Waals surface area contributed by atoms with Crippen molar-refractivity contribution in [2.45, 2.75) is 51.9 Å². The number of hydrogen-bond donors (Lipinski definition) is 1. The van der Waals surface area contributed by atoms with E-state index in [1.54, 1.807) is 17.2 Å². The molecule has 3 aliphatic rings. The number of nitrogens with zero attached hydrogens (tertiary/aromatic N) is 4. The lowest BCUT2D eigenvalue weighted by Gasteiger charge is -2.37. The summed E-state index contributed by atoms with van der Waals surface area (Å²) in [4.78, 5) is 37.8. The van der Waals surface area contributed by atoms with Crippen LogP contribution >= 0.6 is 0 Å². The van der Waals surface area contributed by atoms with Gasteiger partial charge in [-0.05, 0) is 93.9 Å². The zero-order valence-electron chi connectivity index (χ0n) is 20.1. The SMILES string of the molecule is CCc1ccc2c(c1)C(=O)Nc1cccnc1N2C(=O)N1CCCC(CCN2CCCCC2)C1. The molecule has 0 spiro atoms. The zero-order valence-corrected chi connectivity index (χ0v) is 20.1. The molecule has 7 nitrogen and oxygen atoms in total. The Morgan fingerprint density at radius 3 is 2.79 bits per heavy atom. The van der Waals surface area contributed by atoms with E-state index in [4.69, 9.17) is 0 Å². The van der Waals surface area contributed by atoms with Gasteiger partial charge in [0.1, 0.15) is 0 Å². The number of nitrogens with one attached hydrogen (secondary N) is 1. The Hall–Kier alpha value is -2.93. The number of urea groups is 1. The first kappa shape index (κ1) is 22.8. The average Bonchev–Trinajstić information content (AvgIpc) is 3.01. The quantitative estimate of drug-likeness (QED) is 0.691. The van der Waals surface area contributed by atoms with Crippen molar-refractivity contribution >= 4 is 29.1 Å². The highest BCUT2D eigenvalue weighted by molar-refractivity contribution is 6.16. The van der Waals surface area contributed by atoms with E-state index in [9.17, 15) is 9.59 Å². The molecule has 1 aromatic heterocycles. The van der Waals surface area contributed by atoms with Crippen LogP contribution in [0.4, 0.5) is 22.0 Å². The van der Waals surface area contributed by atoms with Crippen LogP contribution in [-0.2, 0) is 6.42 Å². The molecule has 3 amide bonds. The van der Waals surface area contributed by atoms with Crippen LogP contribution in [0.15, 0.2) is 36.5 Å². The fourth-order valence-electron chi connectivity index (χ4n) is 5.51. The Morgan fingerprint density at radius 2 is 1.97 bits per heavy atom. The summed E-state index contributed by atoms with van der Waals surface area (Å²) < 4.78 is 0. The topological polar surface area (TPSA) is 68.8 Å². The number of piperidine rings is 2. The van der Waals surface area contributed by atoms with Crippen molar-refractivity contribution in [1.29, 1.82) is 0 Å². The molecule has 1 atom stereocenters. The molecule has 2 fully saturated rings. The van der Waals surface area contributed by atoms with Crippen LogP contribution in [-0.4, -0.2) is 59.4 Å². The fraction of sp³-hybridized carbons (Fsp3) is 0.519. The van der Waals surface area contributed by atoms with Gasteiger partial charge >= 0.3 is 6.03 Å². The minimum absolute atomic E-state index is 0.0929. The maximum atomic E-state index is 14.0. The number of carbonyl (C=O) groups excluding carboxylic acids is 2. The number of hydrogen-bond acceptors (Lipinski definition) is 4. The number of fused-ring (bicyclic) bond motifs is 2. The van der Waals surface area contributed by atoms with Gasteiger partial charge in [0.05, 0.1) is 16.9 Å². The standard InChI is InChI=1S/C27H35N5O2/c1-2-20-10-11-24-22(18-20)26(33)29-23-9-6-13-28-25(23)32(24)27(34)31-16-7-8-21(19-31)12-17-30-14-4-3-5-15-30/h6,9-11,13,18,21H,2-5,7-8,12,14-17,19H2,1H3,(H,29,33). The summed E-state index contributed by atoms with van der Waals surface area (Å²) in [5.74, 6) is 0.795. The van der Waals surface area contributed by atoms with E-state index in [2.05, 4.69) is 22.1 Å². The first-order valence-corrected chi connectivity index (χ1v) is 12.8. The number of benzene rings is 1. The van der Waals surface area contributed by atoms with Gasteiger partial charge < -0.3 is 15.1 Å². The van der Waals surface area contributed by atoms with E-state index in [1.165, 1.54) is 38.8 Å². The van der Waals surface area contributed by atoms with Gasteiger partial charge in [-0.2, -0.15) is 0 Å². The maximum Gasteiger partial charge on any atom is 0.330 e. The van der Waals surface area contributed by atoms with Crippen LogP contribution in [0.25, 0.3) is 0 Å². The van der Waals surface area contributed by atoms with Crippen LogP contribution in [0, 0.1) is 5.92 Å². The third kappa shape index (κ3) is 4.67. The minimum Gasteiger partial charge on any atom is -0.324 e. The van der Waals surface area contributed by atoms with E-state index in [0.29, 0.717) is 28.7 Å². The molecule has 1 aromatic carbocycles. The normalized spacial score (nSPS) is 20.9. The summed E-state index contributed by atoms with van der Waals surface area (Å²) in [6, 6.07) is 9.29. The molecule has 2 aromatic rings. The van der Waals surface area contributed by atoms with Crippen molar-refractivity contribution in [3.63, 3.8) is 0 Å². The molecule has 34 heavy (non-hydrogen) atoms. The first-order valence-electron chi connectivity index (χ1n) is 12.8. The minimum atomic E-state index is -0.201. The van der Waals surface area contributed by atoms with Gasteiger partial charge in [-0.3, -0.25) is 4.79 Å². The van der Waals surface area contributed by atoms with E-state index in [1.807, 2.05) is 29.2 Å². The Kier molecular flexibility index (Phi) is 6.81. The predicted molar refractivity (Wildman–Crippen MR) is 135 cm³/mol. The average molecular weight is 462 g/mol. The summed E-state index contributed by atoms with van der Waals surface area (Å²) >= 11 is 0. The highest BCUT2D eigenvalue weighted by atomic mass is 16.2. The molecule has 4 heterocycles. The fourth-order valence-corrected chi connectivity index (χ4v) is 5.51. The third-order valence-corrected chi connectivity index (χ3v) is 7.48. The molecular formula is C27H35N5O2. The van der Waals surface area contributed by atoms with Crippen molar-refractivity contribution in [3.05, 3.63) is 47.7 Å². The first-order chi connectivity index (χ1) is 16.6. The number of anilines is 3. The lowest BCUT2D eigenvalue weighted by molar-refractivity contribution is 0.102. The molecule has 1 N–H and O–H groups in total. The number of aromatic nitrogens is 1. The molecule has 1 unspecified atom stereocenters. The Morgan fingerprint density at radius 1 is 1.12 bits per heavy atom. The Balaban J connectivity index is 1.40. The van der Waals surface area contributed by atoms with Gasteiger partial charge in [0, 0.05) is 19.3 Å². The number of pyridine rings is 1. The molecule has 0 bridgehead atoms. The van der Waals surface area contributed by atoms with E-state index >= 15 is 0 Å². The van der Waals surface area contributed by atoms with Crippen LogP contribution in [0.1, 0.15) is 61.4 Å². The molecule has 3 aliphatic heterocycles. The molecule has 0 aliphatic carbocycles. The summed E-state index contributed by atoms with van der Waals surface area (Å²) in [5.41, 5.74) is 2.75. The highest BCUT2D eigenvalue weighted by Gasteiger charge is 2.35. The van der Waals surface area contributed by atoms with Crippen molar-refractivity contribution < 1.29 is 9.59 Å². The van der Waals surface area contributed by atoms with Gasteiger partial charge in [0.15, 0.2) is 5.82 Å². The molecular weight excluding hydrogens is 426 g/mol. The van der Waals surface area contributed by atoms with E-state index < -0.39 is 0 Å². The molecule has 180 valence electrons. The van der Waals surface area contributed by atoms with Crippen LogP contribution < -0.4 is 10.2 Å². The Labute approximate surface area is 202 Å². The highest BCUT2D eigenvalue weighted by Crippen LogP contribution is 2.38. The van der Waals surface area contributed by atoms with Gasteiger partial charge in [-0.1, -0.05) is 19.4 Å². The van der Waals surface area contributed by atoms with Gasteiger partial charge in [-0.25, -0.2) is 14.7 Å². The lowest BCUT2D eigenvalue weighted by atomic mass is 9.94. The largest absolute Gasteiger partial charge is 0.330 e. The number of amides is 3. The monoisotopic (exact) mass is 461 g/mol. The molecule has 0 saturated carbocycles. The smallest absolute Gasteiger partial charge is 0.324 e. The van der Waals surface area contributed by atoms with Crippen LogP contribution in [0.5, 0.6) is 0 Å². The number of rotatable bonds is 4. The number of aryl methyl sites for hydroxylation is 1. The van der Waals surface area contributed by atoms with Gasteiger partial charge in [0.2, 0.25) is 0 Å². The number of carbonyl (C=O) groups is 2. The zero-order chi connectivity index (χ0) is 23.5. The molecule has 7 heteroatoms. The second-order valence-corrected chi connectivity index (χ2v) is 9.80. The lowest BCUT2D eigenvalue weighted by Crippen LogP contribution is -2.47. The summed E-state index contributed by atoms with van der Waals surface area (Å²) in [7, 11) is 0. The Bertz CT molecular complexity index is 1050. The predicted octanol–water partition coefficient (Wildman–Crippen LogP) is 5.06. The summed E-state index contributed by atoms with van der Waals surface area (Å²) in [5, 5.41) is 2.96. The number of likely N-dealkylation sites (tertiary alicyclic amines) is 2. The molecule has 5 rings (SSSR count). The van der Waals surface area contributed by atoms with Crippen molar-refractivity contribution in [2.24, 2.45) is 5.92 Å². The molecule has 0 radical (unpaired) electrons. The van der Waals surface area contributed by atoms with Crippen LogP contribution in [0.2, 0.25) is 0 Å². The van der Waals surface area contributed by atoms with E-state index in [-0.39, 0.29) is 11.9 Å². The van der Waals surface area contributed by atoms with Gasteiger partial charge in [0.25, 0.3) is 5.91 Å². The van der Waals surface area contributed by atoms with Crippen molar-refractivity contribution in [2.75, 3.05) is 42.9 Å². The molecule has 2 saturated heterocycles. The maximum absolute atomic E-state index is 14.0. The van der Waals surface area contributed by atoms with Crippen molar-refractivity contribution in [3.8, 4) is 0 Å².